The lowest BCUT2D eigenvalue weighted by molar-refractivity contribution is 0.304. The molecule has 3 rings (SSSR count). The van der Waals surface area contributed by atoms with Gasteiger partial charge in [0.2, 0.25) is 0 Å². The van der Waals surface area contributed by atoms with Crippen molar-refractivity contribution in [2.75, 3.05) is 0 Å². The van der Waals surface area contributed by atoms with Gasteiger partial charge in [-0.3, -0.25) is 0 Å². The number of halogens is 2. The Bertz CT molecular complexity index is 809. The molecule has 0 aliphatic heterocycles. The van der Waals surface area contributed by atoms with Gasteiger partial charge in [-0.1, -0.05) is 81.6 Å². The highest BCUT2D eigenvalue weighted by Gasteiger charge is 2.21. The van der Waals surface area contributed by atoms with E-state index in [-0.39, 0.29) is 6.42 Å². The van der Waals surface area contributed by atoms with Crippen LogP contribution in [-0.2, 0) is 12.8 Å². The van der Waals surface area contributed by atoms with Gasteiger partial charge in [-0.05, 0) is 73.5 Å². The number of allylic oxidation sites excluding steroid dienone is 1. The van der Waals surface area contributed by atoms with Crippen molar-refractivity contribution < 1.29 is 8.78 Å². The van der Waals surface area contributed by atoms with E-state index in [1.165, 1.54) is 56.1 Å². The van der Waals surface area contributed by atoms with Crippen molar-refractivity contribution in [3.05, 3.63) is 76.6 Å². The van der Waals surface area contributed by atoms with Gasteiger partial charge in [-0.15, -0.1) is 0 Å². The van der Waals surface area contributed by atoms with Crippen LogP contribution < -0.4 is 0 Å². The summed E-state index contributed by atoms with van der Waals surface area (Å²) in [5, 5.41) is 0. The fraction of sp³-hybridized carbons (Fsp3) is 0.517. The minimum absolute atomic E-state index is 0.157. The fourth-order valence-electron chi connectivity index (χ4n) is 4.83. The number of hydrogen-bond acceptors (Lipinski definition) is 0. The van der Waals surface area contributed by atoms with Crippen LogP contribution in [0, 0.1) is 5.92 Å². The standard InChI is InChI=1S/C29H38F2/c1-3-5-7-22-10-16-25(17-11-22)26-18-12-23(13-19-26)8-9-24-14-20-27(21-15-24)29(31)28(30)6-4-2/h12-15,18-22,25H,3-11,16-17H2,1-2H3. The maximum Gasteiger partial charge on any atom is 0.161 e. The third kappa shape index (κ3) is 7.02. The summed E-state index contributed by atoms with van der Waals surface area (Å²) in [6.07, 6.45) is 12.2. The second-order valence-corrected chi connectivity index (χ2v) is 9.27. The smallest absolute Gasteiger partial charge is 0.161 e. The Morgan fingerprint density at radius 2 is 1.35 bits per heavy atom. The van der Waals surface area contributed by atoms with Crippen LogP contribution in [-0.4, -0.2) is 0 Å². The molecule has 0 saturated heterocycles. The van der Waals surface area contributed by atoms with Gasteiger partial charge >= 0.3 is 0 Å². The van der Waals surface area contributed by atoms with Gasteiger partial charge in [0.15, 0.2) is 5.83 Å². The van der Waals surface area contributed by atoms with Crippen LogP contribution in [0.3, 0.4) is 0 Å². The normalized spacial score (nSPS) is 19.9. The van der Waals surface area contributed by atoms with Gasteiger partial charge in [-0.2, -0.15) is 0 Å². The van der Waals surface area contributed by atoms with E-state index >= 15 is 0 Å². The third-order valence-corrected chi connectivity index (χ3v) is 6.88. The van der Waals surface area contributed by atoms with Crippen LogP contribution in [0.5, 0.6) is 0 Å². The first-order valence-corrected chi connectivity index (χ1v) is 12.3. The first kappa shape index (κ1) is 23.7. The summed E-state index contributed by atoms with van der Waals surface area (Å²) in [5.74, 6) is 0.317. The molecule has 1 fully saturated rings. The van der Waals surface area contributed by atoms with Crippen molar-refractivity contribution in [3.8, 4) is 0 Å². The topological polar surface area (TPSA) is 0 Å². The lowest BCUT2D eigenvalue weighted by Crippen LogP contribution is -2.13. The molecule has 31 heavy (non-hydrogen) atoms. The molecule has 168 valence electrons. The molecule has 2 heteroatoms. The maximum atomic E-state index is 14.1. The Morgan fingerprint density at radius 3 is 1.90 bits per heavy atom. The number of aryl methyl sites for hydroxylation is 2. The highest BCUT2D eigenvalue weighted by Crippen LogP contribution is 2.37. The molecule has 0 bridgehead atoms. The monoisotopic (exact) mass is 424 g/mol. The lowest BCUT2D eigenvalue weighted by atomic mass is 9.77. The van der Waals surface area contributed by atoms with Crippen molar-refractivity contribution >= 4 is 5.83 Å². The SMILES string of the molecule is CCCCC1CCC(c2ccc(CCc3ccc(C(F)=C(F)CCC)cc3)cc2)CC1. The summed E-state index contributed by atoms with van der Waals surface area (Å²) >= 11 is 0. The Labute approximate surface area is 187 Å². The molecule has 0 aromatic heterocycles. The fourth-order valence-corrected chi connectivity index (χ4v) is 4.83. The average Bonchev–Trinajstić information content (AvgIpc) is 2.82. The van der Waals surface area contributed by atoms with Crippen LogP contribution in [0.1, 0.15) is 99.8 Å². The van der Waals surface area contributed by atoms with E-state index in [0.717, 1.165) is 30.2 Å². The second-order valence-electron chi connectivity index (χ2n) is 9.27. The Morgan fingerprint density at radius 1 is 0.774 bits per heavy atom. The molecule has 0 atom stereocenters. The summed E-state index contributed by atoms with van der Waals surface area (Å²) < 4.78 is 27.8. The molecule has 1 saturated carbocycles. The summed E-state index contributed by atoms with van der Waals surface area (Å²) in [4.78, 5) is 0. The van der Waals surface area contributed by atoms with Gasteiger partial charge in [0, 0.05) is 12.0 Å². The predicted octanol–water partition coefficient (Wildman–Crippen LogP) is 9.34. The van der Waals surface area contributed by atoms with E-state index in [4.69, 9.17) is 0 Å². The number of rotatable bonds is 10. The molecular formula is C29H38F2. The number of hydrogen-bond donors (Lipinski definition) is 0. The van der Waals surface area contributed by atoms with E-state index in [0.29, 0.717) is 12.0 Å². The van der Waals surface area contributed by atoms with Gasteiger partial charge in [-0.25, -0.2) is 8.78 Å². The van der Waals surface area contributed by atoms with Crippen molar-refractivity contribution in [2.24, 2.45) is 5.92 Å². The summed E-state index contributed by atoms with van der Waals surface area (Å²) in [6.45, 7) is 4.14. The summed E-state index contributed by atoms with van der Waals surface area (Å²) in [5.41, 5.74) is 4.33. The van der Waals surface area contributed by atoms with Gasteiger partial charge in [0.25, 0.3) is 0 Å². The molecule has 2 aromatic carbocycles. The van der Waals surface area contributed by atoms with Crippen molar-refractivity contribution in [1.29, 1.82) is 0 Å². The summed E-state index contributed by atoms with van der Waals surface area (Å²) in [7, 11) is 0. The highest BCUT2D eigenvalue weighted by molar-refractivity contribution is 5.61. The van der Waals surface area contributed by atoms with E-state index in [9.17, 15) is 8.78 Å². The first-order chi connectivity index (χ1) is 15.1. The largest absolute Gasteiger partial charge is 0.209 e. The predicted molar refractivity (Wildman–Crippen MR) is 129 cm³/mol. The molecule has 0 heterocycles. The molecule has 2 aromatic rings. The van der Waals surface area contributed by atoms with E-state index in [2.05, 4.69) is 31.2 Å². The van der Waals surface area contributed by atoms with Crippen LogP contribution in [0.15, 0.2) is 54.4 Å². The Kier molecular flexibility index (Phi) is 9.31. The highest BCUT2D eigenvalue weighted by atomic mass is 19.2. The van der Waals surface area contributed by atoms with Crippen LogP contribution >= 0.6 is 0 Å². The number of unbranched alkanes of at least 4 members (excludes halogenated alkanes) is 1. The van der Waals surface area contributed by atoms with Crippen molar-refractivity contribution in [2.45, 2.75) is 90.4 Å². The third-order valence-electron chi connectivity index (χ3n) is 6.88. The molecule has 0 unspecified atom stereocenters. The van der Waals surface area contributed by atoms with Crippen molar-refractivity contribution in [3.63, 3.8) is 0 Å². The quantitative estimate of drug-likeness (QED) is 0.356. The minimum atomic E-state index is -0.719. The molecule has 0 N–H and O–H groups in total. The van der Waals surface area contributed by atoms with Crippen LogP contribution in [0.4, 0.5) is 8.78 Å². The summed E-state index contributed by atoms with van der Waals surface area (Å²) in [6, 6.07) is 16.4. The van der Waals surface area contributed by atoms with Gasteiger partial charge in [0.1, 0.15) is 5.83 Å². The lowest BCUT2D eigenvalue weighted by Gasteiger charge is -2.29. The zero-order valence-electron chi connectivity index (χ0n) is 19.3. The zero-order valence-corrected chi connectivity index (χ0v) is 19.3. The van der Waals surface area contributed by atoms with Gasteiger partial charge < -0.3 is 0 Å². The van der Waals surface area contributed by atoms with E-state index in [1.54, 1.807) is 12.1 Å². The first-order valence-electron chi connectivity index (χ1n) is 12.3. The average molecular weight is 425 g/mol. The molecule has 1 aliphatic carbocycles. The van der Waals surface area contributed by atoms with E-state index in [1.807, 2.05) is 19.1 Å². The molecule has 0 nitrogen and oxygen atoms in total. The van der Waals surface area contributed by atoms with E-state index < -0.39 is 11.7 Å². The van der Waals surface area contributed by atoms with Gasteiger partial charge in [0.05, 0.1) is 0 Å². The molecule has 0 radical (unpaired) electrons. The maximum absolute atomic E-state index is 14.1. The Hall–Kier alpha value is -1.96. The van der Waals surface area contributed by atoms with Crippen LogP contribution in [0.25, 0.3) is 5.83 Å². The zero-order chi connectivity index (χ0) is 22.1. The minimum Gasteiger partial charge on any atom is -0.209 e. The molecule has 0 spiro atoms. The van der Waals surface area contributed by atoms with Crippen molar-refractivity contribution in [1.82, 2.24) is 0 Å². The molecule has 0 amide bonds. The Balaban J connectivity index is 1.49. The number of benzene rings is 2. The molecule has 1 aliphatic rings. The molecular weight excluding hydrogens is 386 g/mol. The second kappa shape index (κ2) is 12.2. The van der Waals surface area contributed by atoms with Crippen LogP contribution in [0.2, 0.25) is 0 Å².